The van der Waals surface area contributed by atoms with E-state index in [-0.39, 0.29) is 11.3 Å². The van der Waals surface area contributed by atoms with Crippen molar-refractivity contribution < 1.29 is 29.3 Å². The van der Waals surface area contributed by atoms with Crippen molar-refractivity contribution >= 4 is 11.5 Å². The van der Waals surface area contributed by atoms with Gasteiger partial charge in [-0.2, -0.15) is 0 Å². The molecule has 7 heteroatoms. The van der Waals surface area contributed by atoms with Gasteiger partial charge >= 0.3 is 0 Å². The molecule has 0 bridgehead atoms. The summed E-state index contributed by atoms with van der Waals surface area (Å²) in [6.07, 6.45) is 0. The molecule has 0 aliphatic heterocycles. The molecule has 0 aliphatic rings. The first-order chi connectivity index (χ1) is 12.0. The monoisotopic (exact) mass is 345 g/mol. The highest BCUT2D eigenvalue weighted by Gasteiger charge is 2.17. The van der Waals surface area contributed by atoms with Gasteiger partial charge in [0.2, 0.25) is 5.75 Å². The summed E-state index contributed by atoms with van der Waals surface area (Å²) in [5, 5.41) is 18.5. The molecule has 3 N–H and O–H groups in total. The standard InChI is InChI=1S/C18H19NO6/c1-10(11-5-6-14(20)13(7-11)18(21)19-22)12-8-15(23-2)17(25-4)16(9-12)24-3/h5-9,20,22H,1H2,2-4H3,(H,19,21). The van der Waals surface area contributed by atoms with E-state index in [1.807, 2.05) is 0 Å². The van der Waals surface area contributed by atoms with Gasteiger partial charge in [0.1, 0.15) is 5.75 Å². The fourth-order valence-corrected chi connectivity index (χ4v) is 2.39. The maximum atomic E-state index is 11.6. The highest BCUT2D eigenvalue weighted by molar-refractivity contribution is 5.97. The van der Waals surface area contributed by atoms with Crippen molar-refractivity contribution in [2.75, 3.05) is 21.3 Å². The molecule has 0 radical (unpaired) electrons. The van der Waals surface area contributed by atoms with E-state index < -0.39 is 5.91 Å². The zero-order chi connectivity index (χ0) is 18.6. The second-order valence-corrected chi connectivity index (χ2v) is 5.07. The second kappa shape index (κ2) is 7.59. The van der Waals surface area contributed by atoms with Gasteiger partial charge in [-0.25, -0.2) is 5.48 Å². The van der Waals surface area contributed by atoms with Gasteiger partial charge < -0.3 is 19.3 Å². The number of carbonyl (C=O) groups excluding carboxylic acids is 1. The minimum Gasteiger partial charge on any atom is -0.507 e. The van der Waals surface area contributed by atoms with Crippen LogP contribution in [0, 0.1) is 0 Å². The molecule has 0 heterocycles. The van der Waals surface area contributed by atoms with Crippen LogP contribution in [-0.2, 0) is 0 Å². The van der Waals surface area contributed by atoms with E-state index in [4.69, 9.17) is 19.4 Å². The van der Waals surface area contributed by atoms with Crippen LogP contribution in [0.5, 0.6) is 23.0 Å². The molecule has 0 atom stereocenters. The van der Waals surface area contributed by atoms with Crippen LogP contribution in [-0.4, -0.2) is 37.6 Å². The predicted octanol–water partition coefficient (Wildman–Crippen LogP) is 2.60. The Kier molecular flexibility index (Phi) is 5.51. The molecule has 0 aromatic heterocycles. The number of hydrogen-bond acceptors (Lipinski definition) is 6. The van der Waals surface area contributed by atoms with Crippen molar-refractivity contribution in [1.82, 2.24) is 5.48 Å². The first-order valence-corrected chi connectivity index (χ1v) is 7.23. The van der Waals surface area contributed by atoms with E-state index in [2.05, 4.69) is 6.58 Å². The summed E-state index contributed by atoms with van der Waals surface area (Å²) >= 11 is 0. The molecule has 7 nitrogen and oxygen atoms in total. The van der Waals surface area contributed by atoms with Gasteiger partial charge in [-0.15, -0.1) is 0 Å². The Morgan fingerprint density at radius 2 is 1.60 bits per heavy atom. The Morgan fingerprint density at radius 3 is 2.08 bits per heavy atom. The van der Waals surface area contributed by atoms with Crippen LogP contribution < -0.4 is 19.7 Å². The van der Waals surface area contributed by atoms with E-state index >= 15 is 0 Å². The first-order valence-electron chi connectivity index (χ1n) is 7.23. The summed E-state index contributed by atoms with van der Waals surface area (Å²) in [5.74, 6) is 0.299. The minimum absolute atomic E-state index is 0.0754. The van der Waals surface area contributed by atoms with Crippen LogP contribution in [0.4, 0.5) is 0 Å². The number of hydrogen-bond donors (Lipinski definition) is 3. The Morgan fingerprint density at radius 1 is 1.00 bits per heavy atom. The van der Waals surface area contributed by atoms with E-state index in [1.54, 1.807) is 18.2 Å². The third kappa shape index (κ3) is 3.51. The number of amides is 1. The molecular formula is C18H19NO6. The van der Waals surface area contributed by atoms with Crippen molar-refractivity contribution in [2.45, 2.75) is 0 Å². The van der Waals surface area contributed by atoms with Crippen molar-refractivity contribution in [3.05, 3.63) is 53.6 Å². The molecule has 25 heavy (non-hydrogen) atoms. The molecule has 2 aromatic carbocycles. The molecule has 2 rings (SSSR count). The normalized spacial score (nSPS) is 10.1. The van der Waals surface area contributed by atoms with Gasteiger partial charge in [0.15, 0.2) is 11.5 Å². The van der Waals surface area contributed by atoms with Crippen LogP contribution >= 0.6 is 0 Å². The maximum Gasteiger partial charge on any atom is 0.278 e. The minimum atomic E-state index is -0.822. The van der Waals surface area contributed by atoms with Crippen molar-refractivity contribution in [2.24, 2.45) is 0 Å². The molecule has 0 fully saturated rings. The van der Waals surface area contributed by atoms with Gasteiger partial charge in [0.05, 0.1) is 26.9 Å². The zero-order valence-corrected chi connectivity index (χ0v) is 14.1. The number of carbonyl (C=O) groups is 1. The van der Waals surface area contributed by atoms with Gasteiger partial charge in [0, 0.05) is 0 Å². The Labute approximate surface area is 145 Å². The van der Waals surface area contributed by atoms with Crippen LogP contribution in [0.3, 0.4) is 0 Å². The number of ether oxygens (including phenoxy) is 3. The number of phenolic OH excluding ortho intramolecular Hbond substituents is 1. The predicted molar refractivity (Wildman–Crippen MR) is 91.6 cm³/mol. The lowest BCUT2D eigenvalue weighted by molar-refractivity contribution is 0.0703. The molecule has 0 saturated carbocycles. The molecule has 2 aromatic rings. The number of aromatic hydroxyl groups is 1. The second-order valence-electron chi connectivity index (χ2n) is 5.07. The lowest BCUT2D eigenvalue weighted by Crippen LogP contribution is -2.18. The summed E-state index contributed by atoms with van der Waals surface area (Å²) in [4.78, 5) is 11.6. The SMILES string of the molecule is C=C(c1cc(OC)c(OC)c(OC)c1)c1ccc(O)c(C(=O)NO)c1. The fourth-order valence-electron chi connectivity index (χ4n) is 2.39. The van der Waals surface area contributed by atoms with Gasteiger partial charge in [-0.3, -0.25) is 10.0 Å². The van der Waals surface area contributed by atoms with E-state index in [9.17, 15) is 9.90 Å². The number of phenols is 1. The Hall–Kier alpha value is -3.19. The Balaban J connectivity index is 2.53. The third-order valence-corrected chi connectivity index (χ3v) is 3.70. The van der Waals surface area contributed by atoms with Crippen molar-refractivity contribution in [3.8, 4) is 23.0 Å². The van der Waals surface area contributed by atoms with E-state index in [0.29, 0.717) is 33.9 Å². The molecule has 132 valence electrons. The highest BCUT2D eigenvalue weighted by atomic mass is 16.5. The molecule has 0 saturated heterocycles. The van der Waals surface area contributed by atoms with E-state index in [1.165, 1.54) is 38.9 Å². The fraction of sp³-hybridized carbons (Fsp3) is 0.167. The van der Waals surface area contributed by atoms with Gasteiger partial charge in [-0.1, -0.05) is 12.6 Å². The lowest BCUT2D eigenvalue weighted by Gasteiger charge is -2.16. The number of nitrogens with one attached hydrogen (secondary N) is 1. The van der Waals surface area contributed by atoms with Crippen LogP contribution in [0.25, 0.3) is 5.57 Å². The highest BCUT2D eigenvalue weighted by Crippen LogP contribution is 2.41. The van der Waals surface area contributed by atoms with Crippen LogP contribution in [0.1, 0.15) is 21.5 Å². The summed E-state index contributed by atoms with van der Waals surface area (Å²) < 4.78 is 15.9. The Bertz CT molecular complexity index is 790. The zero-order valence-electron chi connectivity index (χ0n) is 14.1. The maximum absolute atomic E-state index is 11.6. The molecule has 0 aliphatic carbocycles. The van der Waals surface area contributed by atoms with E-state index in [0.717, 1.165) is 0 Å². The summed E-state index contributed by atoms with van der Waals surface area (Å²) in [6.45, 7) is 4.03. The largest absolute Gasteiger partial charge is 0.507 e. The smallest absolute Gasteiger partial charge is 0.278 e. The van der Waals surface area contributed by atoms with Crippen molar-refractivity contribution in [3.63, 3.8) is 0 Å². The molecule has 1 amide bonds. The summed E-state index contributed by atoms with van der Waals surface area (Å²) in [7, 11) is 4.52. The molecular weight excluding hydrogens is 326 g/mol. The quantitative estimate of drug-likeness (QED) is 0.550. The summed E-state index contributed by atoms with van der Waals surface area (Å²) in [6, 6.07) is 7.83. The van der Waals surface area contributed by atoms with Crippen LogP contribution in [0.2, 0.25) is 0 Å². The number of hydroxylamine groups is 1. The topological polar surface area (TPSA) is 97.3 Å². The molecule has 0 unspecified atom stereocenters. The van der Waals surface area contributed by atoms with Crippen LogP contribution in [0.15, 0.2) is 36.9 Å². The number of benzene rings is 2. The average molecular weight is 345 g/mol. The van der Waals surface area contributed by atoms with Crippen molar-refractivity contribution in [1.29, 1.82) is 0 Å². The number of rotatable bonds is 6. The first kappa shape index (κ1) is 18.2. The summed E-state index contributed by atoms with van der Waals surface area (Å²) in [5.41, 5.74) is 3.23. The number of methoxy groups -OCH3 is 3. The molecule has 0 spiro atoms. The van der Waals surface area contributed by atoms with Gasteiger partial charge in [0.25, 0.3) is 5.91 Å². The third-order valence-electron chi connectivity index (χ3n) is 3.70. The lowest BCUT2D eigenvalue weighted by atomic mass is 9.96. The average Bonchev–Trinajstić information content (AvgIpc) is 2.65. The van der Waals surface area contributed by atoms with Gasteiger partial charge in [-0.05, 0) is 41.0 Å².